The van der Waals surface area contributed by atoms with Gasteiger partial charge in [0, 0.05) is 6.61 Å². The molecule has 2 aliphatic rings. The predicted molar refractivity (Wildman–Crippen MR) is 118 cm³/mol. The number of esters is 1. The molecular weight excluding hydrogens is 374 g/mol. The Morgan fingerprint density at radius 1 is 0.967 bits per heavy atom. The smallest absolute Gasteiger partial charge is 0.314 e. The van der Waals surface area contributed by atoms with E-state index in [1.807, 2.05) is 0 Å². The number of nitriles is 1. The van der Waals surface area contributed by atoms with Gasteiger partial charge in [0.25, 0.3) is 0 Å². The minimum absolute atomic E-state index is 0.00230. The molecule has 2 saturated carbocycles. The largest absolute Gasteiger partial charge is 0.426 e. The summed E-state index contributed by atoms with van der Waals surface area (Å²) in [5, 5.41) is 8.88. The number of ether oxygens (including phenoxy) is 2. The zero-order valence-corrected chi connectivity index (χ0v) is 18.5. The van der Waals surface area contributed by atoms with Crippen molar-refractivity contribution in [2.75, 3.05) is 6.61 Å². The summed E-state index contributed by atoms with van der Waals surface area (Å²) in [4.78, 5) is 12.6. The van der Waals surface area contributed by atoms with Crippen LogP contribution >= 0.6 is 0 Å². The van der Waals surface area contributed by atoms with Gasteiger partial charge in [-0.25, -0.2) is 0 Å². The highest BCUT2D eigenvalue weighted by atomic mass is 16.5. The fraction of sp³-hybridized carbons (Fsp3) is 0.692. The van der Waals surface area contributed by atoms with Crippen molar-refractivity contribution in [3.05, 3.63) is 29.8 Å². The van der Waals surface area contributed by atoms with Crippen LogP contribution in [0.25, 0.3) is 0 Å². The zero-order valence-electron chi connectivity index (χ0n) is 18.5. The lowest BCUT2D eigenvalue weighted by molar-refractivity contribution is -0.141. The number of carbonyl (C=O) groups is 1. The molecule has 0 radical (unpaired) electrons. The van der Waals surface area contributed by atoms with Crippen LogP contribution in [0, 0.1) is 29.1 Å². The van der Waals surface area contributed by atoms with E-state index in [2.05, 4.69) is 13.0 Å². The molecule has 3 rings (SSSR count). The predicted octanol–water partition coefficient (Wildman–Crippen LogP) is 6.43. The number of unbranched alkanes of at least 4 members (excludes halogenated alkanes) is 5. The molecule has 0 aromatic heterocycles. The van der Waals surface area contributed by atoms with E-state index in [9.17, 15) is 4.79 Å². The van der Waals surface area contributed by atoms with Crippen LogP contribution in [0.1, 0.15) is 89.5 Å². The SMILES string of the molecule is CCCCCCCCOC1CCC2CC(C(=O)Oc3ccc(C#N)cc3)CCC2C1. The van der Waals surface area contributed by atoms with E-state index >= 15 is 0 Å². The van der Waals surface area contributed by atoms with Crippen LogP contribution in [-0.4, -0.2) is 18.7 Å². The average Bonchev–Trinajstić information content (AvgIpc) is 2.78. The summed E-state index contributed by atoms with van der Waals surface area (Å²) in [6.45, 7) is 3.17. The van der Waals surface area contributed by atoms with Crippen molar-refractivity contribution in [1.29, 1.82) is 5.26 Å². The molecule has 0 amide bonds. The van der Waals surface area contributed by atoms with Crippen molar-refractivity contribution in [3.8, 4) is 11.8 Å². The molecule has 1 aromatic rings. The van der Waals surface area contributed by atoms with Crippen molar-refractivity contribution in [2.24, 2.45) is 17.8 Å². The lowest BCUT2D eigenvalue weighted by Gasteiger charge is -2.41. The molecule has 0 saturated heterocycles. The second kappa shape index (κ2) is 12.1. The van der Waals surface area contributed by atoms with Crippen LogP contribution in [0.3, 0.4) is 0 Å². The Hall–Kier alpha value is -1.86. The maximum absolute atomic E-state index is 12.6. The summed E-state index contributed by atoms with van der Waals surface area (Å²) in [6.07, 6.45) is 14.7. The molecule has 30 heavy (non-hydrogen) atoms. The van der Waals surface area contributed by atoms with E-state index in [0.29, 0.717) is 29.3 Å². The third kappa shape index (κ3) is 6.84. The second-order valence-corrected chi connectivity index (χ2v) is 9.16. The van der Waals surface area contributed by atoms with Gasteiger partial charge in [-0.2, -0.15) is 5.26 Å². The molecule has 0 bridgehead atoms. The lowest BCUT2D eigenvalue weighted by atomic mass is 9.67. The normalized spacial score (nSPS) is 25.9. The molecule has 0 spiro atoms. The molecule has 4 heteroatoms. The molecular formula is C26H37NO3. The number of fused-ring (bicyclic) bond motifs is 1. The minimum atomic E-state index is -0.111. The Balaban J connectivity index is 1.35. The van der Waals surface area contributed by atoms with E-state index in [1.54, 1.807) is 24.3 Å². The quantitative estimate of drug-likeness (QED) is 0.253. The number of nitrogens with zero attached hydrogens (tertiary/aromatic N) is 1. The van der Waals surface area contributed by atoms with Crippen LogP contribution in [0.5, 0.6) is 5.75 Å². The van der Waals surface area contributed by atoms with Crippen molar-refractivity contribution in [2.45, 2.75) is 90.1 Å². The number of benzene rings is 1. The van der Waals surface area contributed by atoms with Gasteiger partial charge in [0.05, 0.1) is 23.7 Å². The number of hydrogen-bond acceptors (Lipinski definition) is 4. The fourth-order valence-electron chi connectivity index (χ4n) is 5.14. The van der Waals surface area contributed by atoms with Gasteiger partial charge < -0.3 is 9.47 Å². The van der Waals surface area contributed by atoms with Crippen molar-refractivity contribution < 1.29 is 14.3 Å². The standard InChI is InChI=1S/C26H37NO3/c1-2-3-4-5-6-7-16-29-25-15-12-21-17-23(11-10-22(21)18-25)26(28)30-24-13-8-20(19-27)9-14-24/h8-9,13-14,21-23,25H,2-7,10-12,15-18H2,1H3. The summed E-state index contributed by atoms with van der Waals surface area (Å²) >= 11 is 0. The van der Waals surface area contributed by atoms with Gasteiger partial charge in [0.15, 0.2) is 0 Å². The van der Waals surface area contributed by atoms with Crippen molar-refractivity contribution in [1.82, 2.24) is 0 Å². The molecule has 4 nitrogen and oxygen atoms in total. The first kappa shape index (κ1) is 22.8. The van der Waals surface area contributed by atoms with Gasteiger partial charge in [-0.15, -0.1) is 0 Å². The summed E-state index contributed by atoms with van der Waals surface area (Å²) in [7, 11) is 0. The highest BCUT2D eigenvalue weighted by molar-refractivity contribution is 5.75. The van der Waals surface area contributed by atoms with E-state index in [4.69, 9.17) is 14.7 Å². The fourth-order valence-corrected chi connectivity index (χ4v) is 5.14. The van der Waals surface area contributed by atoms with E-state index in [0.717, 1.165) is 38.7 Å². The van der Waals surface area contributed by atoms with E-state index in [1.165, 1.54) is 44.9 Å². The molecule has 0 aliphatic heterocycles. The van der Waals surface area contributed by atoms with Crippen LogP contribution in [0.15, 0.2) is 24.3 Å². The molecule has 0 N–H and O–H groups in total. The molecule has 0 heterocycles. The number of carbonyl (C=O) groups excluding carboxylic acids is 1. The molecule has 4 atom stereocenters. The summed E-state index contributed by atoms with van der Waals surface area (Å²) < 4.78 is 11.8. The first-order chi connectivity index (χ1) is 14.7. The lowest BCUT2D eigenvalue weighted by Crippen LogP contribution is -2.37. The van der Waals surface area contributed by atoms with Crippen molar-refractivity contribution >= 4 is 5.97 Å². The first-order valence-electron chi connectivity index (χ1n) is 12.0. The van der Waals surface area contributed by atoms with E-state index < -0.39 is 0 Å². The molecule has 4 unspecified atom stereocenters. The maximum atomic E-state index is 12.6. The Morgan fingerprint density at radius 3 is 2.43 bits per heavy atom. The topological polar surface area (TPSA) is 59.3 Å². The Bertz CT molecular complexity index is 693. The molecule has 164 valence electrons. The van der Waals surface area contributed by atoms with Crippen LogP contribution in [0.2, 0.25) is 0 Å². The third-order valence-electron chi connectivity index (χ3n) is 6.95. The summed E-state index contributed by atoms with van der Waals surface area (Å²) in [6, 6.07) is 8.86. The highest BCUT2D eigenvalue weighted by Gasteiger charge is 2.38. The third-order valence-corrected chi connectivity index (χ3v) is 6.95. The van der Waals surface area contributed by atoms with Crippen LogP contribution < -0.4 is 4.74 Å². The Kier molecular flexibility index (Phi) is 9.21. The Labute approximate surface area is 181 Å². The Morgan fingerprint density at radius 2 is 1.67 bits per heavy atom. The average molecular weight is 412 g/mol. The summed E-state index contributed by atoms with van der Waals surface area (Å²) in [5.74, 6) is 1.76. The van der Waals surface area contributed by atoms with E-state index in [-0.39, 0.29) is 11.9 Å². The highest BCUT2D eigenvalue weighted by Crippen LogP contribution is 2.44. The van der Waals surface area contributed by atoms with Gasteiger partial charge in [-0.05, 0) is 81.0 Å². The van der Waals surface area contributed by atoms with Crippen molar-refractivity contribution in [3.63, 3.8) is 0 Å². The van der Waals surface area contributed by atoms with Gasteiger partial charge in [0.1, 0.15) is 5.75 Å². The van der Waals surface area contributed by atoms with Crippen LogP contribution in [0.4, 0.5) is 0 Å². The van der Waals surface area contributed by atoms with Gasteiger partial charge in [-0.3, -0.25) is 4.79 Å². The number of hydrogen-bond donors (Lipinski definition) is 0. The number of rotatable bonds is 10. The minimum Gasteiger partial charge on any atom is -0.426 e. The monoisotopic (exact) mass is 411 g/mol. The second-order valence-electron chi connectivity index (χ2n) is 9.16. The first-order valence-corrected chi connectivity index (χ1v) is 12.0. The zero-order chi connectivity index (χ0) is 21.2. The molecule has 2 fully saturated rings. The summed E-state index contributed by atoms with van der Waals surface area (Å²) in [5.41, 5.74) is 0.575. The molecule has 1 aromatic carbocycles. The van der Waals surface area contributed by atoms with Gasteiger partial charge in [0.2, 0.25) is 0 Å². The van der Waals surface area contributed by atoms with Gasteiger partial charge in [-0.1, -0.05) is 39.0 Å². The molecule has 2 aliphatic carbocycles. The maximum Gasteiger partial charge on any atom is 0.314 e. The van der Waals surface area contributed by atoms with Crippen LogP contribution in [-0.2, 0) is 9.53 Å². The van der Waals surface area contributed by atoms with Gasteiger partial charge >= 0.3 is 5.97 Å².